The molecule has 0 atom stereocenters. The minimum Gasteiger partial charge on any atom is -0.462 e. The SMILES string of the molecule is CCCCOC(=O)c1ccccc1S(=O)(=O)CC. The Bertz CT molecular complexity index is 505. The second-order valence-electron chi connectivity index (χ2n) is 3.89. The van der Waals surface area contributed by atoms with Gasteiger partial charge in [0.05, 0.1) is 22.8 Å². The summed E-state index contributed by atoms with van der Waals surface area (Å²) in [6.45, 7) is 3.85. The predicted molar refractivity (Wildman–Crippen MR) is 69.4 cm³/mol. The predicted octanol–water partition coefficient (Wildman–Crippen LogP) is 2.44. The monoisotopic (exact) mass is 270 g/mol. The quantitative estimate of drug-likeness (QED) is 0.588. The minimum absolute atomic E-state index is 0.0355. The zero-order valence-electron chi connectivity index (χ0n) is 10.7. The lowest BCUT2D eigenvalue weighted by atomic mass is 10.2. The molecule has 0 bridgehead atoms. The first-order chi connectivity index (χ1) is 8.53. The van der Waals surface area contributed by atoms with Gasteiger partial charge in [-0.25, -0.2) is 13.2 Å². The summed E-state index contributed by atoms with van der Waals surface area (Å²) in [5.41, 5.74) is 0.121. The van der Waals surface area contributed by atoms with Gasteiger partial charge >= 0.3 is 5.97 Å². The lowest BCUT2D eigenvalue weighted by Gasteiger charge is -2.09. The Labute approximate surface area is 108 Å². The van der Waals surface area contributed by atoms with Crippen LogP contribution in [0, 0.1) is 0 Å². The number of hydrogen-bond donors (Lipinski definition) is 0. The maximum absolute atomic E-state index is 11.8. The van der Waals surface area contributed by atoms with Crippen LogP contribution < -0.4 is 0 Å². The highest BCUT2D eigenvalue weighted by Gasteiger charge is 2.21. The van der Waals surface area contributed by atoms with Crippen LogP contribution in [0.3, 0.4) is 0 Å². The summed E-state index contributed by atoms with van der Waals surface area (Å²) in [6, 6.07) is 6.16. The maximum atomic E-state index is 11.8. The van der Waals surface area contributed by atoms with Crippen LogP contribution >= 0.6 is 0 Å². The van der Waals surface area contributed by atoms with E-state index in [1.165, 1.54) is 12.1 Å². The lowest BCUT2D eigenvalue weighted by Crippen LogP contribution is -2.13. The Morgan fingerprint density at radius 1 is 1.22 bits per heavy atom. The molecule has 100 valence electrons. The molecule has 0 spiro atoms. The fourth-order valence-electron chi connectivity index (χ4n) is 1.45. The van der Waals surface area contributed by atoms with Gasteiger partial charge in [0.15, 0.2) is 9.84 Å². The van der Waals surface area contributed by atoms with Crippen molar-refractivity contribution in [2.75, 3.05) is 12.4 Å². The van der Waals surface area contributed by atoms with Crippen molar-refractivity contribution in [3.8, 4) is 0 Å². The number of sulfone groups is 1. The van der Waals surface area contributed by atoms with E-state index in [0.29, 0.717) is 6.61 Å². The summed E-state index contributed by atoms with van der Waals surface area (Å²) in [7, 11) is -3.41. The third kappa shape index (κ3) is 3.57. The fraction of sp³-hybridized carbons (Fsp3) is 0.462. The summed E-state index contributed by atoms with van der Waals surface area (Å²) in [5.74, 6) is -0.609. The molecule has 0 N–H and O–H groups in total. The van der Waals surface area contributed by atoms with Crippen molar-refractivity contribution in [2.45, 2.75) is 31.6 Å². The van der Waals surface area contributed by atoms with Crippen molar-refractivity contribution in [3.63, 3.8) is 0 Å². The second-order valence-corrected chi connectivity index (χ2v) is 6.14. The first-order valence-electron chi connectivity index (χ1n) is 6.01. The molecule has 5 heteroatoms. The van der Waals surface area contributed by atoms with Gasteiger partial charge in [0.25, 0.3) is 0 Å². The van der Waals surface area contributed by atoms with Gasteiger partial charge in [-0.05, 0) is 18.6 Å². The van der Waals surface area contributed by atoms with Crippen molar-refractivity contribution < 1.29 is 17.9 Å². The largest absolute Gasteiger partial charge is 0.462 e. The maximum Gasteiger partial charge on any atom is 0.339 e. The van der Waals surface area contributed by atoms with Crippen LogP contribution in [0.25, 0.3) is 0 Å². The summed E-state index contributed by atoms with van der Waals surface area (Å²) >= 11 is 0. The topological polar surface area (TPSA) is 60.4 Å². The van der Waals surface area contributed by atoms with E-state index in [2.05, 4.69) is 0 Å². The fourth-order valence-corrected chi connectivity index (χ4v) is 2.53. The first-order valence-corrected chi connectivity index (χ1v) is 7.67. The third-order valence-corrected chi connectivity index (χ3v) is 4.34. The molecular formula is C13H18O4S. The number of carbonyl (C=O) groups excluding carboxylic acids is 1. The second kappa shape index (κ2) is 6.54. The molecule has 0 aliphatic heterocycles. The van der Waals surface area contributed by atoms with Crippen molar-refractivity contribution in [1.82, 2.24) is 0 Å². The van der Waals surface area contributed by atoms with E-state index in [1.54, 1.807) is 19.1 Å². The Balaban J connectivity index is 2.99. The molecule has 0 saturated heterocycles. The van der Waals surface area contributed by atoms with Gasteiger partial charge < -0.3 is 4.74 Å². The molecule has 0 radical (unpaired) electrons. The molecule has 4 nitrogen and oxygen atoms in total. The van der Waals surface area contributed by atoms with E-state index in [9.17, 15) is 13.2 Å². The molecule has 0 saturated carbocycles. The van der Waals surface area contributed by atoms with Gasteiger partial charge in [-0.2, -0.15) is 0 Å². The van der Waals surface area contributed by atoms with Gasteiger partial charge in [0.1, 0.15) is 0 Å². The number of hydrogen-bond acceptors (Lipinski definition) is 4. The first kappa shape index (κ1) is 14.7. The van der Waals surface area contributed by atoms with Gasteiger partial charge in [-0.15, -0.1) is 0 Å². The van der Waals surface area contributed by atoms with Crippen molar-refractivity contribution >= 4 is 15.8 Å². The summed E-state index contributed by atoms with van der Waals surface area (Å²) < 4.78 is 28.7. The number of unbranched alkanes of at least 4 members (excludes halogenated alkanes) is 1. The number of ether oxygens (including phenoxy) is 1. The van der Waals surface area contributed by atoms with E-state index in [-0.39, 0.29) is 16.2 Å². The lowest BCUT2D eigenvalue weighted by molar-refractivity contribution is 0.0495. The molecule has 0 heterocycles. The molecule has 0 amide bonds. The van der Waals surface area contributed by atoms with E-state index >= 15 is 0 Å². The average Bonchev–Trinajstić information content (AvgIpc) is 2.39. The van der Waals surface area contributed by atoms with Crippen LogP contribution in [0.2, 0.25) is 0 Å². The van der Waals surface area contributed by atoms with Crippen molar-refractivity contribution in [1.29, 1.82) is 0 Å². The molecular weight excluding hydrogens is 252 g/mol. The van der Waals surface area contributed by atoms with Crippen LogP contribution in [0.5, 0.6) is 0 Å². The zero-order valence-corrected chi connectivity index (χ0v) is 11.5. The van der Waals surface area contributed by atoms with Gasteiger partial charge in [-0.1, -0.05) is 32.4 Å². The van der Waals surface area contributed by atoms with Gasteiger partial charge in [-0.3, -0.25) is 0 Å². The number of esters is 1. The average molecular weight is 270 g/mol. The number of rotatable bonds is 6. The molecule has 1 aromatic rings. The molecule has 18 heavy (non-hydrogen) atoms. The summed E-state index contributed by atoms with van der Waals surface area (Å²) in [5, 5.41) is 0. The Morgan fingerprint density at radius 3 is 2.50 bits per heavy atom. The normalized spacial score (nSPS) is 11.2. The van der Waals surface area contributed by atoms with Crippen LogP contribution in [-0.4, -0.2) is 26.7 Å². The minimum atomic E-state index is -3.41. The standard InChI is InChI=1S/C13H18O4S/c1-3-5-10-17-13(14)11-8-6-7-9-12(11)18(15,16)4-2/h6-9H,3-5,10H2,1-2H3. The van der Waals surface area contributed by atoms with Crippen LogP contribution in [0.1, 0.15) is 37.0 Å². The van der Waals surface area contributed by atoms with Gasteiger partial charge in [0.2, 0.25) is 0 Å². The molecule has 0 fully saturated rings. The van der Waals surface area contributed by atoms with E-state index < -0.39 is 15.8 Å². The van der Waals surface area contributed by atoms with E-state index in [4.69, 9.17) is 4.74 Å². The summed E-state index contributed by atoms with van der Waals surface area (Å²) in [6.07, 6.45) is 1.69. The Hall–Kier alpha value is -1.36. The molecule has 0 aliphatic carbocycles. The number of benzene rings is 1. The highest BCUT2D eigenvalue weighted by Crippen LogP contribution is 2.18. The zero-order chi connectivity index (χ0) is 13.6. The molecule has 1 aromatic carbocycles. The Morgan fingerprint density at radius 2 is 1.89 bits per heavy atom. The smallest absolute Gasteiger partial charge is 0.339 e. The molecule has 1 rings (SSSR count). The van der Waals surface area contributed by atoms with Crippen LogP contribution in [0.4, 0.5) is 0 Å². The Kier molecular flexibility index (Phi) is 5.34. The van der Waals surface area contributed by atoms with Crippen LogP contribution in [0.15, 0.2) is 29.2 Å². The van der Waals surface area contributed by atoms with E-state index in [1.807, 2.05) is 6.92 Å². The van der Waals surface area contributed by atoms with E-state index in [0.717, 1.165) is 12.8 Å². The highest BCUT2D eigenvalue weighted by atomic mass is 32.2. The molecule has 0 aliphatic rings. The molecule has 0 aromatic heterocycles. The third-order valence-electron chi connectivity index (χ3n) is 2.55. The van der Waals surface area contributed by atoms with Crippen molar-refractivity contribution in [2.24, 2.45) is 0 Å². The van der Waals surface area contributed by atoms with Crippen LogP contribution in [-0.2, 0) is 14.6 Å². The highest BCUT2D eigenvalue weighted by molar-refractivity contribution is 7.91. The summed E-state index contributed by atoms with van der Waals surface area (Å²) in [4.78, 5) is 11.9. The van der Waals surface area contributed by atoms with Crippen molar-refractivity contribution in [3.05, 3.63) is 29.8 Å². The number of carbonyl (C=O) groups is 1. The molecule has 0 unspecified atom stereocenters. The van der Waals surface area contributed by atoms with Gasteiger partial charge in [0, 0.05) is 0 Å².